The minimum absolute atomic E-state index is 0.476. The molecule has 2 atom stereocenters. The second-order valence-corrected chi connectivity index (χ2v) is 5.71. The zero-order valence-electron chi connectivity index (χ0n) is 14.0. The van der Waals surface area contributed by atoms with Gasteiger partial charge in [0.15, 0.2) is 0 Å². The van der Waals surface area contributed by atoms with E-state index >= 15 is 0 Å². The van der Waals surface area contributed by atoms with Gasteiger partial charge in [0.05, 0.1) is 13.2 Å². The molecule has 0 spiro atoms. The first-order chi connectivity index (χ1) is 9.67. The Morgan fingerprint density at radius 1 is 0.800 bits per heavy atom. The van der Waals surface area contributed by atoms with Crippen LogP contribution in [0.2, 0.25) is 0 Å². The predicted molar refractivity (Wildman–Crippen MR) is 83.9 cm³/mol. The van der Waals surface area contributed by atoms with E-state index in [-0.39, 0.29) is 0 Å². The van der Waals surface area contributed by atoms with Crippen LogP contribution in [0.5, 0.6) is 0 Å². The van der Waals surface area contributed by atoms with Gasteiger partial charge in [-0.25, -0.2) is 4.79 Å². The highest BCUT2D eigenvalue weighted by molar-refractivity contribution is 5.59. The van der Waals surface area contributed by atoms with Crippen molar-refractivity contribution in [3.05, 3.63) is 0 Å². The van der Waals surface area contributed by atoms with Gasteiger partial charge < -0.3 is 9.47 Å². The van der Waals surface area contributed by atoms with E-state index in [1.54, 1.807) is 0 Å². The van der Waals surface area contributed by atoms with Crippen molar-refractivity contribution in [1.29, 1.82) is 0 Å². The first-order valence-electron chi connectivity index (χ1n) is 8.47. The molecule has 0 N–H and O–H groups in total. The topological polar surface area (TPSA) is 35.5 Å². The lowest BCUT2D eigenvalue weighted by Crippen LogP contribution is -2.18. The summed E-state index contributed by atoms with van der Waals surface area (Å²) in [5, 5.41) is 0. The van der Waals surface area contributed by atoms with Gasteiger partial charge in [-0.1, -0.05) is 66.2 Å². The fourth-order valence-corrected chi connectivity index (χ4v) is 2.21. The molecule has 0 rings (SSSR count). The van der Waals surface area contributed by atoms with Crippen LogP contribution in [0.4, 0.5) is 4.79 Å². The van der Waals surface area contributed by atoms with Crippen LogP contribution in [0.15, 0.2) is 0 Å². The van der Waals surface area contributed by atoms with E-state index in [0.717, 1.165) is 25.7 Å². The largest absolute Gasteiger partial charge is 0.508 e. The maximum Gasteiger partial charge on any atom is 0.508 e. The minimum Gasteiger partial charge on any atom is -0.434 e. The fraction of sp³-hybridized carbons (Fsp3) is 0.941. The molecule has 0 aromatic rings. The normalized spacial score (nSPS) is 13.8. The molecule has 2 unspecified atom stereocenters. The summed E-state index contributed by atoms with van der Waals surface area (Å²) in [7, 11) is 0. The number of carbonyl (C=O) groups excluding carboxylic acids is 1. The quantitative estimate of drug-likeness (QED) is 0.440. The molecule has 0 saturated carbocycles. The molecule has 0 aliphatic heterocycles. The number of ether oxygens (including phenoxy) is 2. The molecule has 0 aromatic heterocycles. The molecule has 0 heterocycles. The first-order valence-corrected chi connectivity index (χ1v) is 8.47. The van der Waals surface area contributed by atoms with Gasteiger partial charge in [-0.15, -0.1) is 0 Å². The van der Waals surface area contributed by atoms with Crippen molar-refractivity contribution in [3.63, 3.8) is 0 Å². The molecule has 0 aliphatic rings. The lowest BCUT2D eigenvalue weighted by Gasteiger charge is -2.17. The predicted octanol–water partition coefficient (Wildman–Crippen LogP) is 5.57. The number of hydrogen-bond acceptors (Lipinski definition) is 3. The smallest absolute Gasteiger partial charge is 0.434 e. The summed E-state index contributed by atoms with van der Waals surface area (Å²) >= 11 is 0. The first kappa shape index (κ1) is 19.3. The van der Waals surface area contributed by atoms with Gasteiger partial charge in [0.2, 0.25) is 0 Å². The van der Waals surface area contributed by atoms with Crippen molar-refractivity contribution in [2.45, 2.75) is 79.1 Å². The summed E-state index contributed by atoms with van der Waals surface area (Å²) in [5.41, 5.74) is 0. The monoisotopic (exact) mass is 286 g/mol. The van der Waals surface area contributed by atoms with Crippen LogP contribution >= 0.6 is 0 Å². The zero-order chi connectivity index (χ0) is 15.2. The third kappa shape index (κ3) is 10.1. The van der Waals surface area contributed by atoms with Crippen LogP contribution < -0.4 is 0 Å². The standard InChI is InChI=1S/C17H34O3/c1-5-9-11-15(7-3)13-19-17(18)20-14-16(8-4)12-10-6-2/h15-16H,5-14H2,1-4H3. The molecule has 3 heteroatoms. The van der Waals surface area contributed by atoms with Crippen LogP contribution in [0, 0.1) is 11.8 Å². The Balaban J connectivity index is 3.80. The number of unbranched alkanes of at least 4 members (excludes halogenated alkanes) is 2. The summed E-state index contributed by atoms with van der Waals surface area (Å²) < 4.78 is 10.5. The summed E-state index contributed by atoms with van der Waals surface area (Å²) in [5.74, 6) is 0.953. The van der Waals surface area contributed by atoms with Crippen molar-refractivity contribution in [3.8, 4) is 0 Å². The third-order valence-corrected chi connectivity index (χ3v) is 3.96. The number of carbonyl (C=O) groups is 1. The summed E-state index contributed by atoms with van der Waals surface area (Å²) in [6, 6.07) is 0. The lowest BCUT2D eigenvalue weighted by molar-refractivity contribution is 0.0316. The molecule has 0 fully saturated rings. The van der Waals surface area contributed by atoms with E-state index < -0.39 is 6.16 Å². The second-order valence-electron chi connectivity index (χ2n) is 5.71. The van der Waals surface area contributed by atoms with Gasteiger partial charge >= 0.3 is 6.16 Å². The van der Waals surface area contributed by atoms with Crippen molar-refractivity contribution in [2.24, 2.45) is 11.8 Å². The molecule has 0 radical (unpaired) electrons. The number of rotatable bonds is 12. The number of hydrogen-bond donors (Lipinski definition) is 0. The van der Waals surface area contributed by atoms with Gasteiger partial charge in [0.1, 0.15) is 0 Å². The highest BCUT2D eigenvalue weighted by Gasteiger charge is 2.13. The average molecular weight is 286 g/mol. The van der Waals surface area contributed by atoms with Crippen molar-refractivity contribution >= 4 is 6.16 Å². The van der Waals surface area contributed by atoms with Crippen molar-refractivity contribution in [2.75, 3.05) is 13.2 Å². The van der Waals surface area contributed by atoms with E-state index in [0.29, 0.717) is 25.0 Å². The average Bonchev–Trinajstić information content (AvgIpc) is 2.47. The molecule has 120 valence electrons. The van der Waals surface area contributed by atoms with E-state index in [2.05, 4.69) is 27.7 Å². The van der Waals surface area contributed by atoms with Crippen LogP contribution in [-0.4, -0.2) is 19.4 Å². The lowest BCUT2D eigenvalue weighted by atomic mass is 10.0. The molecule has 0 aliphatic carbocycles. The Morgan fingerprint density at radius 2 is 1.20 bits per heavy atom. The maximum atomic E-state index is 11.6. The van der Waals surface area contributed by atoms with Crippen LogP contribution in [0.1, 0.15) is 79.1 Å². The SMILES string of the molecule is CCCCC(CC)COC(=O)OCC(CC)CCCC. The molecule has 0 amide bonds. The Morgan fingerprint density at radius 3 is 1.50 bits per heavy atom. The van der Waals surface area contributed by atoms with E-state index in [1.165, 1.54) is 25.7 Å². The summed E-state index contributed by atoms with van der Waals surface area (Å²) in [6.07, 6.45) is 8.67. The molecular formula is C17H34O3. The van der Waals surface area contributed by atoms with Crippen LogP contribution in [-0.2, 0) is 9.47 Å². The molecular weight excluding hydrogens is 252 g/mol. The molecule has 0 saturated heterocycles. The van der Waals surface area contributed by atoms with E-state index in [4.69, 9.17) is 9.47 Å². The molecule has 0 bridgehead atoms. The Hall–Kier alpha value is -0.730. The van der Waals surface area contributed by atoms with E-state index in [1.807, 2.05) is 0 Å². The summed E-state index contributed by atoms with van der Waals surface area (Å²) in [4.78, 5) is 11.6. The van der Waals surface area contributed by atoms with E-state index in [9.17, 15) is 4.79 Å². The molecule has 20 heavy (non-hydrogen) atoms. The Bertz CT molecular complexity index is 206. The molecule has 3 nitrogen and oxygen atoms in total. The van der Waals surface area contributed by atoms with Gasteiger partial charge in [-0.3, -0.25) is 0 Å². The van der Waals surface area contributed by atoms with Gasteiger partial charge in [0, 0.05) is 0 Å². The van der Waals surface area contributed by atoms with Crippen molar-refractivity contribution < 1.29 is 14.3 Å². The van der Waals surface area contributed by atoms with Crippen molar-refractivity contribution in [1.82, 2.24) is 0 Å². The fourth-order valence-electron chi connectivity index (χ4n) is 2.21. The Kier molecular flexibility index (Phi) is 12.8. The summed E-state index contributed by atoms with van der Waals surface area (Å²) in [6.45, 7) is 9.66. The van der Waals surface area contributed by atoms with Crippen LogP contribution in [0.25, 0.3) is 0 Å². The molecule has 0 aromatic carbocycles. The minimum atomic E-state index is -0.491. The second kappa shape index (κ2) is 13.3. The van der Waals surface area contributed by atoms with Gasteiger partial charge in [0.25, 0.3) is 0 Å². The zero-order valence-corrected chi connectivity index (χ0v) is 14.0. The highest BCUT2D eigenvalue weighted by Crippen LogP contribution is 2.15. The van der Waals surface area contributed by atoms with Gasteiger partial charge in [-0.05, 0) is 24.7 Å². The third-order valence-electron chi connectivity index (χ3n) is 3.96. The maximum absolute atomic E-state index is 11.6. The van der Waals surface area contributed by atoms with Crippen LogP contribution in [0.3, 0.4) is 0 Å². The Labute approximate surface area is 125 Å². The van der Waals surface area contributed by atoms with Gasteiger partial charge in [-0.2, -0.15) is 0 Å². The highest BCUT2D eigenvalue weighted by atomic mass is 16.7.